The van der Waals surface area contributed by atoms with Crippen molar-refractivity contribution in [1.82, 2.24) is 5.32 Å². The fraction of sp³-hybridized carbons (Fsp3) is 0.542. The van der Waals surface area contributed by atoms with Crippen LogP contribution in [0.15, 0.2) is 36.9 Å². The van der Waals surface area contributed by atoms with Gasteiger partial charge in [-0.05, 0) is 81.2 Å². The second-order valence-electron chi connectivity index (χ2n) is 7.99. The van der Waals surface area contributed by atoms with Crippen molar-refractivity contribution in [2.45, 2.75) is 45.4 Å². The maximum Gasteiger partial charge on any atom is 0.171 e. The molecule has 27 heavy (non-hydrogen) atoms. The van der Waals surface area contributed by atoms with Crippen LogP contribution in [0.1, 0.15) is 66.9 Å². The number of carbonyl (C=O) groups excluding carboxylic acids is 1. The van der Waals surface area contributed by atoms with Crippen LogP contribution in [0, 0.1) is 11.8 Å². The average Bonchev–Trinajstić information content (AvgIpc) is 2.93. The van der Waals surface area contributed by atoms with Crippen LogP contribution in [0.25, 0.3) is 5.57 Å². The summed E-state index contributed by atoms with van der Waals surface area (Å²) in [5, 5.41) is 3.42. The Morgan fingerprint density at radius 3 is 2.70 bits per heavy atom. The molecule has 0 aromatic heterocycles. The number of piperidine rings is 1. The molecule has 0 saturated carbocycles. The highest BCUT2D eigenvalue weighted by molar-refractivity contribution is 6.14. The Bertz CT molecular complexity index is 715. The Kier molecular flexibility index (Phi) is 6.67. The molecule has 0 spiro atoms. The van der Waals surface area contributed by atoms with Gasteiger partial charge in [-0.3, -0.25) is 4.79 Å². The number of fused-ring (bicyclic) bond motifs is 1. The van der Waals surface area contributed by atoms with Gasteiger partial charge in [0.2, 0.25) is 0 Å². The van der Waals surface area contributed by atoms with E-state index in [1.54, 1.807) is 0 Å². The van der Waals surface area contributed by atoms with Gasteiger partial charge >= 0.3 is 0 Å². The quantitative estimate of drug-likeness (QED) is 0.520. The first-order chi connectivity index (χ1) is 13.0. The Labute approximate surface area is 163 Å². The van der Waals surface area contributed by atoms with Gasteiger partial charge in [0.15, 0.2) is 5.78 Å². The van der Waals surface area contributed by atoms with Crippen molar-refractivity contribution in [3.05, 3.63) is 53.6 Å². The number of hydrogen-bond acceptors (Lipinski definition) is 3. The Morgan fingerprint density at radius 2 is 2.04 bits per heavy atom. The van der Waals surface area contributed by atoms with E-state index in [0.717, 1.165) is 74.3 Å². The molecule has 1 fully saturated rings. The Morgan fingerprint density at radius 1 is 1.30 bits per heavy atom. The van der Waals surface area contributed by atoms with Gasteiger partial charge in [0.05, 0.1) is 5.92 Å². The zero-order valence-corrected chi connectivity index (χ0v) is 16.9. The maximum absolute atomic E-state index is 13.2. The second kappa shape index (κ2) is 8.99. The summed E-state index contributed by atoms with van der Waals surface area (Å²) in [5.74, 6) is 0.778. The summed E-state index contributed by atoms with van der Waals surface area (Å²) < 4.78 is 5.48. The number of hydrogen-bond donors (Lipinski definition) is 1. The number of benzene rings is 1. The fourth-order valence-corrected chi connectivity index (χ4v) is 4.62. The molecule has 2 aliphatic rings. The van der Waals surface area contributed by atoms with Crippen molar-refractivity contribution in [3.8, 4) is 0 Å². The molecular formula is C24H33NO2. The van der Waals surface area contributed by atoms with E-state index in [-0.39, 0.29) is 17.6 Å². The van der Waals surface area contributed by atoms with Crippen LogP contribution in [-0.4, -0.2) is 32.1 Å². The molecule has 0 radical (unpaired) electrons. The van der Waals surface area contributed by atoms with Gasteiger partial charge in [-0.15, -0.1) is 0 Å². The molecule has 1 N–H and O–H groups in total. The smallest absolute Gasteiger partial charge is 0.171 e. The lowest BCUT2D eigenvalue weighted by atomic mass is 9.79. The Hall–Kier alpha value is -1.71. The zero-order valence-electron chi connectivity index (χ0n) is 16.9. The second-order valence-corrected chi connectivity index (χ2v) is 7.99. The third-order valence-electron chi connectivity index (χ3n) is 6.17. The van der Waals surface area contributed by atoms with Gasteiger partial charge < -0.3 is 10.1 Å². The summed E-state index contributed by atoms with van der Waals surface area (Å²) in [6, 6.07) is 6.43. The summed E-state index contributed by atoms with van der Waals surface area (Å²) in [7, 11) is 0. The number of carbonyl (C=O) groups is 1. The molecule has 3 heteroatoms. The molecule has 2 atom stereocenters. The minimum absolute atomic E-state index is 0.139. The summed E-state index contributed by atoms with van der Waals surface area (Å²) in [4.78, 5) is 13.2. The minimum Gasteiger partial charge on any atom is -0.382 e. The SMILES string of the molecule is C=C(C)C(CCCOCC)C1C(=C)c2cc(C3CCNCC3)ccc2C1=O. The summed E-state index contributed by atoms with van der Waals surface area (Å²) in [6.07, 6.45) is 4.18. The lowest BCUT2D eigenvalue weighted by Gasteiger charge is -2.24. The molecule has 2 unspecified atom stereocenters. The van der Waals surface area contributed by atoms with E-state index in [9.17, 15) is 4.79 Å². The predicted molar refractivity (Wildman–Crippen MR) is 112 cm³/mol. The summed E-state index contributed by atoms with van der Waals surface area (Å²) >= 11 is 0. The normalized spacial score (nSPS) is 21.3. The molecule has 1 heterocycles. The van der Waals surface area contributed by atoms with Crippen molar-refractivity contribution in [3.63, 3.8) is 0 Å². The van der Waals surface area contributed by atoms with Gasteiger partial charge in [-0.2, -0.15) is 0 Å². The first-order valence-electron chi connectivity index (χ1n) is 10.4. The first-order valence-corrected chi connectivity index (χ1v) is 10.4. The summed E-state index contributed by atoms with van der Waals surface area (Å²) in [6.45, 7) is 16.2. The van der Waals surface area contributed by atoms with Crippen LogP contribution in [-0.2, 0) is 4.74 Å². The highest BCUT2D eigenvalue weighted by Gasteiger charge is 2.39. The van der Waals surface area contributed by atoms with E-state index in [4.69, 9.17) is 4.74 Å². The molecule has 3 rings (SSSR count). The lowest BCUT2D eigenvalue weighted by molar-refractivity contribution is 0.0923. The molecule has 0 amide bonds. The minimum atomic E-state index is -0.164. The van der Waals surface area contributed by atoms with Crippen molar-refractivity contribution < 1.29 is 9.53 Å². The highest BCUT2D eigenvalue weighted by atomic mass is 16.5. The van der Waals surface area contributed by atoms with E-state index >= 15 is 0 Å². The molecule has 146 valence electrons. The molecule has 0 bridgehead atoms. The number of ketones is 1. The predicted octanol–water partition coefficient (Wildman–Crippen LogP) is 4.99. The van der Waals surface area contributed by atoms with Gasteiger partial charge in [0, 0.05) is 18.8 Å². The topological polar surface area (TPSA) is 38.3 Å². The number of Topliss-reactive ketones (excluding diaryl/α,β-unsaturated/α-hetero) is 1. The van der Waals surface area contributed by atoms with Gasteiger partial charge in [0.25, 0.3) is 0 Å². The standard InChI is InChI=1S/C24H33NO2/c1-5-27-14-6-7-20(16(2)3)23-17(4)22-15-19(8-9-21(22)24(23)26)18-10-12-25-13-11-18/h8-9,15,18,20,23,25H,2,4-7,10-14H2,1,3H3. The summed E-state index contributed by atoms with van der Waals surface area (Å²) in [5.41, 5.74) is 5.32. The molecule has 1 aromatic rings. The van der Waals surface area contributed by atoms with Crippen LogP contribution in [0.4, 0.5) is 0 Å². The van der Waals surface area contributed by atoms with E-state index < -0.39 is 0 Å². The molecule has 1 aliphatic carbocycles. The van der Waals surface area contributed by atoms with Crippen LogP contribution in [0.2, 0.25) is 0 Å². The van der Waals surface area contributed by atoms with Gasteiger partial charge in [0.1, 0.15) is 0 Å². The van der Waals surface area contributed by atoms with Gasteiger partial charge in [-0.1, -0.05) is 36.9 Å². The number of ether oxygens (including phenoxy) is 1. The van der Waals surface area contributed by atoms with Crippen molar-refractivity contribution in [2.24, 2.45) is 11.8 Å². The van der Waals surface area contributed by atoms with Gasteiger partial charge in [-0.25, -0.2) is 0 Å². The van der Waals surface area contributed by atoms with Crippen molar-refractivity contribution in [1.29, 1.82) is 0 Å². The van der Waals surface area contributed by atoms with E-state index in [1.165, 1.54) is 5.56 Å². The van der Waals surface area contributed by atoms with Crippen LogP contribution >= 0.6 is 0 Å². The highest BCUT2D eigenvalue weighted by Crippen LogP contribution is 2.44. The maximum atomic E-state index is 13.2. The van der Waals surface area contributed by atoms with Crippen LogP contribution in [0.3, 0.4) is 0 Å². The van der Waals surface area contributed by atoms with E-state index in [1.807, 2.05) is 19.9 Å². The number of rotatable bonds is 8. The monoisotopic (exact) mass is 367 g/mol. The molecule has 3 nitrogen and oxygen atoms in total. The Balaban J connectivity index is 1.80. The molecule has 1 aromatic carbocycles. The third-order valence-corrected chi connectivity index (χ3v) is 6.17. The third kappa shape index (κ3) is 4.25. The van der Waals surface area contributed by atoms with Crippen LogP contribution in [0.5, 0.6) is 0 Å². The van der Waals surface area contributed by atoms with Crippen molar-refractivity contribution in [2.75, 3.05) is 26.3 Å². The zero-order chi connectivity index (χ0) is 19.4. The van der Waals surface area contributed by atoms with Crippen molar-refractivity contribution >= 4 is 11.4 Å². The lowest BCUT2D eigenvalue weighted by Crippen LogP contribution is -2.26. The molecule has 1 saturated heterocycles. The molecular weight excluding hydrogens is 334 g/mol. The average molecular weight is 368 g/mol. The van der Waals surface area contributed by atoms with Crippen LogP contribution < -0.4 is 5.32 Å². The van der Waals surface area contributed by atoms with E-state index in [0.29, 0.717) is 5.92 Å². The number of nitrogens with one attached hydrogen (secondary N) is 1. The fourth-order valence-electron chi connectivity index (χ4n) is 4.62. The number of allylic oxidation sites excluding steroid dienone is 2. The largest absolute Gasteiger partial charge is 0.382 e. The van der Waals surface area contributed by atoms with E-state index in [2.05, 4.69) is 30.6 Å². The molecule has 1 aliphatic heterocycles. The first kappa shape index (κ1) is 20.0.